The third kappa shape index (κ3) is 3.37. The van der Waals surface area contributed by atoms with Crippen LogP contribution >= 0.6 is 0 Å². The molecular formula is C18H23NO5. The monoisotopic (exact) mass is 333 g/mol. The minimum Gasteiger partial charge on any atom is -0.497 e. The Morgan fingerprint density at radius 3 is 2.62 bits per heavy atom. The largest absolute Gasteiger partial charge is 0.497 e. The molecule has 2 rings (SSSR count). The maximum atomic E-state index is 12.3. The van der Waals surface area contributed by atoms with Crippen molar-refractivity contribution < 1.29 is 23.8 Å². The lowest BCUT2D eigenvalue weighted by Crippen LogP contribution is -2.19. The van der Waals surface area contributed by atoms with Crippen LogP contribution in [0.1, 0.15) is 43.1 Å². The number of methoxy groups -OCH3 is 2. The zero-order chi connectivity index (χ0) is 17.7. The Bertz CT molecular complexity index is 735. The van der Waals surface area contributed by atoms with Gasteiger partial charge in [0.15, 0.2) is 6.29 Å². The third-order valence-electron chi connectivity index (χ3n) is 3.98. The van der Waals surface area contributed by atoms with Gasteiger partial charge in [-0.1, -0.05) is 13.3 Å². The van der Waals surface area contributed by atoms with E-state index in [1.165, 1.54) is 7.11 Å². The molecule has 1 atom stereocenters. The highest BCUT2D eigenvalue weighted by atomic mass is 16.5. The molecule has 1 aromatic carbocycles. The summed E-state index contributed by atoms with van der Waals surface area (Å²) in [5.41, 5.74) is 1.14. The number of esters is 1. The number of carbonyl (C=O) groups is 2. The average Bonchev–Trinajstić information content (AvgIpc) is 2.98. The van der Waals surface area contributed by atoms with Crippen LogP contribution in [0.25, 0.3) is 10.9 Å². The molecule has 0 spiro atoms. The van der Waals surface area contributed by atoms with Crippen LogP contribution in [0.4, 0.5) is 0 Å². The lowest BCUT2D eigenvalue weighted by Gasteiger charge is -2.15. The number of hydrogen-bond donors (Lipinski definition) is 0. The molecule has 24 heavy (non-hydrogen) atoms. The first-order valence-electron chi connectivity index (χ1n) is 7.95. The minimum absolute atomic E-state index is 0.334. The highest BCUT2D eigenvalue weighted by molar-refractivity contribution is 6.02. The van der Waals surface area contributed by atoms with Gasteiger partial charge < -0.3 is 18.8 Å². The summed E-state index contributed by atoms with van der Waals surface area (Å²) < 4.78 is 17.7. The van der Waals surface area contributed by atoms with Gasteiger partial charge in [0.05, 0.1) is 31.7 Å². The topological polar surface area (TPSA) is 66.8 Å². The molecule has 0 aliphatic heterocycles. The normalized spacial score (nSPS) is 12.0. The van der Waals surface area contributed by atoms with Crippen molar-refractivity contribution in [2.75, 3.05) is 20.8 Å². The highest BCUT2D eigenvalue weighted by Gasteiger charge is 2.22. The Balaban J connectivity index is 2.49. The van der Waals surface area contributed by atoms with Crippen molar-refractivity contribution in [2.45, 2.75) is 32.7 Å². The number of rotatable bonds is 8. The number of nitrogens with zero attached hydrogens (tertiary/aromatic N) is 1. The van der Waals surface area contributed by atoms with Crippen LogP contribution in [0.2, 0.25) is 0 Å². The van der Waals surface area contributed by atoms with Crippen molar-refractivity contribution in [3.63, 3.8) is 0 Å². The smallest absolute Gasteiger partial charge is 0.328 e. The predicted molar refractivity (Wildman–Crippen MR) is 91.0 cm³/mol. The molecule has 1 unspecified atom stereocenters. The number of aromatic nitrogens is 1. The van der Waals surface area contributed by atoms with E-state index in [4.69, 9.17) is 14.2 Å². The second-order valence-corrected chi connectivity index (χ2v) is 5.53. The van der Waals surface area contributed by atoms with Crippen molar-refractivity contribution in [1.29, 1.82) is 0 Å². The van der Waals surface area contributed by atoms with E-state index in [1.54, 1.807) is 36.9 Å². The summed E-state index contributed by atoms with van der Waals surface area (Å²) in [7, 11) is 3.08. The fraction of sp³-hybridized carbons (Fsp3) is 0.444. The van der Waals surface area contributed by atoms with Crippen molar-refractivity contribution in [3.05, 3.63) is 23.9 Å². The molecular weight excluding hydrogens is 310 g/mol. The predicted octanol–water partition coefficient (Wildman–Crippen LogP) is 3.38. The Labute approximate surface area is 141 Å². The van der Waals surface area contributed by atoms with Crippen molar-refractivity contribution in [2.24, 2.45) is 0 Å². The maximum Gasteiger partial charge on any atom is 0.328 e. The summed E-state index contributed by atoms with van der Waals surface area (Å²) >= 11 is 0. The molecule has 0 fully saturated rings. The van der Waals surface area contributed by atoms with Gasteiger partial charge in [0, 0.05) is 23.9 Å². The van der Waals surface area contributed by atoms with Crippen LogP contribution in [0.3, 0.4) is 0 Å². The number of aldehydes is 1. The van der Waals surface area contributed by atoms with Gasteiger partial charge in [-0.05, 0) is 13.3 Å². The van der Waals surface area contributed by atoms with Gasteiger partial charge in [0.2, 0.25) is 0 Å². The van der Waals surface area contributed by atoms with Gasteiger partial charge >= 0.3 is 5.97 Å². The van der Waals surface area contributed by atoms with Gasteiger partial charge in [-0.2, -0.15) is 0 Å². The summed E-state index contributed by atoms with van der Waals surface area (Å²) in [5, 5.41) is 0.654. The number of hydrogen-bond acceptors (Lipinski definition) is 5. The Kier molecular flexibility index (Phi) is 5.84. The average molecular weight is 333 g/mol. The molecule has 0 radical (unpaired) electrons. The molecule has 0 N–H and O–H groups in total. The minimum atomic E-state index is -0.560. The lowest BCUT2D eigenvalue weighted by molar-refractivity contribution is -0.147. The molecule has 0 aliphatic rings. The summed E-state index contributed by atoms with van der Waals surface area (Å²) in [4.78, 5) is 23.7. The molecule has 1 heterocycles. The fourth-order valence-electron chi connectivity index (χ4n) is 2.59. The quantitative estimate of drug-likeness (QED) is 0.421. The molecule has 6 heteroatoms. The SMILES string of the molecule is CCCCOC(=O)C(C)n1cc(C=O)c2c(OC)cc(OC)cc21. The zero-order valence-electron chi connectivity index (χ0n) is 14.5. The van der Waals surface area contributed by atoms with E-state index < -0.39 is 6.04 Å². The first-order chi connectivity index (χ1) is 11.6. The van der Waals surface area contributed by atoms with Gasteiger partial charge in [0.25, 0.3) is 0 Å². The molecule has 0 aliphatic carbocycles. The maximum absolute atomic E-state index is 12.3. The Morgan fingerprint density at radius 1 is 1.29 bits per heavy atom. The second kappa shape index (κ2) is 7.86. The van der Waals surface area contributed by atoms with Gasteiger partial charge in [-0.3, -0.25) is 4.79 Å². The molecule has 130 valence electrons. The van der Waals surface area contributed by atoms with Crippen molar-refractivity contribution >= 4 is 23.2 Å². The molecule has 0 amide bonds. The van der Waals surface area contributed by atoms with E-state index in [9.17, 15) is 9.59 Å². The molecule has 0 bridgehead atoms. The van der Waals surface area contributed by atoms with E-state index in [0.29, 0.717) is 34.6 Å². The summed E-state index contributed by atoms with van der Waals surface area (Å²) in [6.07, 6.45) is 4.18. The number of benzene rings is 1. The summed E-state index contributed by atoms with van der Waals surface area (Å²) in [5.74, 6) is 0.777. The molecule has 2 aromatic rings. The van der Waals surface area contributed by atoms with E-state index >= 15 is 0 Å². The number of unbranched alkanes of at least 4 members (excludes halogenated alkanes) is 1. The molecule has 0 saturated heterocycles. The van der Waals surface area contributed by atoms with Crippen molar-refractivity contribution in [3.8, 4) is 11.5 Å². The van der Waals surface area contributed by atoms with E-state index in [-0.39, 0.29) is 5.97 Å². The highest BCUT2D eigenvalue weighted by Crippen LogP contribution is 2.36. The third-order valence-corrected chi connectivity index (χ3v) is 3.98. The first-order valence-corrected chi connectivity index (χ1v) is 7.95. The number of ether oxygens (including phenoxy) is 3. The van der Waals surface area contributed by atoms with Crippen LogP contribution in [-0.4, -0.2) is 37.6 Å². The van der Waals surface area contributed by atoms with Crippen LogP contribution < -0.4 is 9.47 Å². The standard InChI is InChI=1S/C18H23NO5/c1-5-6-7-24-18(21)12(2)19-10-13(11-20)17-15(19)8-14(22-3)9-16(17)23-4/h8-12H,5-7H2,1-4H3. The van der Waals surface area contributed by atoms with E-state index in [0.717, 1.165) is 19.1 Å². The molecule has 1 aromatic heterocycles. The van der Waals surface area contributed by atoms with Crippen LogP contribution in [0.15, 0.2) is 18.3 Å². The summed E-state index contributed by atoms with van der Waals surface area (Å²) in [6, 6.07) is 2.93. The van der Waals surface area contributed by atoms with Crippen molar-refractivity contribution in [1.82, 2.24) is 4.57 Å². The van der Waals surface area contributed by atoms with Crippen LogP contribution in [0, 0.1) is 0 Å². The second-order valence-electron chi connectivity index (χ2n) is 5.53. The Hall–Kier alpha value is -2.50. The van der Waals surface area contributed by atoms with Crippen LogP contribution in [0.5, 0.6) is 11.5 Å². The van der Waals surface area contributed by atoms with E-state index in [1.807, 2.05) is 6.92 Å². The van der Waals surface area contributed by atoms with Gasteiger partial charge in [0.1, 0.15) is 17.5 Å². The zero-order valence-corrected chi connectivity index (χ0v) is 14.5. The molecule has 0 saturated carbocycles. The lowest BCUT2D eigenvalue weighted by atomic mass is 10.1. The van der Waals surface area contributed by atoms with Gasteiger partial charge in [-0.25, -0.2) is 4.79 Å². The Morgan fingerprint density at radius 2 is 2.04 bits per heavy atom. The first kappa shape index (κ1) is 17.8. The summed E-state index contributed by atoms with van der Waals surface area (Å²) in [6.45, 7) is 4.17. The number of fused-ring (bicyclic) bond motifs is 1. The fourth-order valence-corrected chi connectivity index (χ4v) is 2.59. The van der Waals surface area contributed by atoms with Crippen LogP contribution in [-0.2, 0) is 9.53 Å². The van der Waals surface area contributed by atoms with E-state index in [2.05, 4.69) is 0 Å². The number of carbonyl (C=O) groups excluding carboxylic acids is 2. The van der Waals surface area contributed by atoms with Gasteiger partial charge in [-0.15, -0.1) is 0 Å². The molecule has 6 nitrogen and oxygen atoms in total.